The average molecular weight is 241 g/mol. The maximum atomic E-state index is 10.7. The van der Waals surface area contributed by atoms with Crippen LogP contribution in [0.25, 0.3) is 0 Å². The van der Waals surface area contributed by atoms with E-state index in [0.717, 1.165) is 10.5 Å². The number of ether oxygens (including phenoxy) is 1. The third-order valence-corrected chi connectivity index (χ3v) is 2.97. The Kier molecular flexibility index (Phi) is 4.64. The third-order valence-electron chi connectivity index (χ3n) is 2.24. The summed E-state index contributed by atoms with van der Waals surface area (Å²) in [5, 5.41) is 8.76. The maximum absolute atomic E-state index is 10.7. The van der Waals surface area contributed by atoms with E-state index in [1.54, 1.807) is 18.9 Å². The maximum Gasteiger partial charge on any atom is 0.320 e. The molecule has 0 saturated carbocycles. The molecule has 1 atom stereocenters. The standard InChI is InChI=1S/C11H15NO3S/c1-15-10-4-3-8(16-2)5-7(10)6-9(12)11(13)14/h3-5,9H,6,12H2,1-2H3,(H,13,14). The van der Waals surface area contributed by atoms with Gasteiger partial charge in [0, 0.05) is 11.3 Å². The number of carboxylic acids is 1. The van der Waals surface area contributed by atoms with E-state index in [2.05, 4.69) is 0 Å². The minimum absolute atomic E-state index is 0.271. The fourth-order valence-electron chi connectivity index (χ4n) is 1.37. The average Bonchev–Trinajstić information content (AvgIpc) is 2.28. The first kappa shape index (κ1) is 12.9. The van der Waals surface area contributed by atoms with Gasteiger partial charge < -0.3 is 15.6 Å². The minimum Gasteiger partial charge on any atom is -0.496 e. The molecular weight excluding hydrogens is 226 g/mol. The Labute approximate surface area is 98.8 Å². The molecule has 1 aromatic rings. The molecule has 1 aromatic carbocycles. The predicted octanol–water partition coefficient (Wildman–Crippen LogP) is 1.37. The van der Waals surface area contributed by atoms with Crippen LogP contribution in [-0.2, 0) is 11.2 Å². The Bertz CT molecular complexity index is 381. The Morgan fingerprint density at radius 1 is 1.62 bits per heavy atom. The lowest BCUT2D eigenvalue weighted by Crippen LogP contribution is -2.32. The zero-order valence-electron chi connectivity index (χ0n) is 9.27. The van der Waals surface area contributed by atoms with Crippen LogP contribution in [0.4, 0.5) is 0 Å². The molecular formula is C11H15NO3S. The first-order valence-electron chi connectivity index (χ1n) is 4.77. The van der Waals surface area contributed by atoms with E-state index >= 15 is 0 Å². The van der Waals surface area contributed by atoms with Gasteiger partial charge >= 0.3 is 5.97 Å². The second-order valence-corrected chi connectivity index (χ2v) is 4.21. The van der Waals surface area contributed by atoms with Crippen molar-refractivity contribution < 1.29 is 14.6 Å². The topological polar surface area (TPSA) is 72.5 Å². The van der Waals surface area contributed by atoms with Crippen molar-refractivity contribution in [2.45, 2.75) is 17.4 Å². The van der Waals surface area contributed by atoms with Gasteiger partial charge in [-0.2, -0.15) is 0 Å². The van der Waals surface area contributed by atoms with Gasteiger partial charge in [0.05, 0.1) is 7.11 Å². The van der Waals surface area contributed by atoms with Crippen molar-refractivity contribution in [2.24, 2.45) is 5.73 Å². The van der Waals surface area contributed by atoms with Crippen molar-refractivity contribution in [2.75, 3.05) is 13.4 Å². The third kappa shape index (κ3) is 3.15. The molecule has 0 bridgehead atoms. The second kappa shape index (κ2) is 5.77. The smallest absolute Gasteiger partial charge is 0.320 e. The van der Waals surface area contributed by atoms with Crippen LogP contribution in [0.3, 0.4) is 0 Å². The summed E-state index contributed by atoms with van der Waals surface area (Å²) in [7, 11) is 1.56. The number of carboxylic acid groups (broad SMARTS) is 1. The van der Waals surface area contributed by atoms with E-state index in [4.69, 9.17) is 15.6 Å². The zero-order chi connectivity index (χ0) is 12.1. The Balaban J connectivity index is 2.95. The molecule has 0 spiro atoms. The molecule has 3 N–H and O–H groups in total. The molecule has 0 aliphatic heterocycles. The van der Waals surface area contributed by atoms with Gasteiger partial charge in [-0.15, -0.1) is 11.8 Å². The highest BCUT2D eigenvalue weighted by atomic mass is 32.2. The van der Waals surface area contributed by atoms with Crippen molar-refractivity contribution >= 4 is 17.7 Å². The summed E-state index contributed by atoms with van der Waals surface area (Å²) < 4.78 is 5.17. The van der Waals surface area contributed by atoms with Crippen molar-refractivity contribution in [1.29, 1.82) is 0 Å². The van der Waals surface area contributed by atoms with Crippen LogP contribution in [0, 0.1) is 0 Å². The van der Waals surface area contributed by atoms with Gasteiger partial charge in [0.25, 0.3) is 0 Å². The van der Waals surface area contributed by atoms with Gasteiger partial charge in [-0.3, -0.25) is 4.79 Å². The normalized spacial score (nSPS) is 12.2. The number of hydrogen-bond donors (Lipinski definition) is 2. The van der Waals surface area contributed by atoms with E-state index in [9.17, 15) is 4.79 Å². The number of carbonyl (C=O) groups is 1. The Morgan fingerprint density at radius 3 is 2.81 bits per heavy atom. The van der Waals surface area contributed by atoms with Gasteiger partial charge in [-0.1, -0.05) is 0 Å². The molecule has 0 saturated heterocycles. The van der Waals surface area contributed by atoms with Crippen LogP contribution < -0.4 is 10.5 Å². The van der Waals surface area contributed by atoms with Crippen molar-refractivity contribution in [3.63, 3.8) is 0 Å². The lowest BCUT2D eigenvalue weighted by atomic mass is 10.1. The molecule has 5 heteroatoms. The van der Waals surface area contributed by atoms with Crippen molar-refractivity contribution in [3.8, 4) is 5.75 Å². The monoisotopic (exact) mass is 241 g/mol. The lowest BCUT2D eigenvalue weighted by molar-refractivity contribution is -0.138. The second-order valence-electron chi connectivity index (χ2n) is 3.33. The van der Waals surface area contributed by atoms with E-state index < -0.39 is 12.0 Å². The first-order chi connectivity index (χ1) is 7.58. The van der Waals surface area contributed by atoms with E-state index in [1.807, 2.05) is 24.5 Å². The first-order valence-corrected chi connectivity index (χ1v) is 6.00. The summed E-state index contributed by atoms with van der Waals surface area (Å²) in [4.78, 5) is 11.8. The minimum atomic E-state index is -1.00. The molecule has 1 rings (SSSR count). The number of rotatable bonds is 5. The van der Waals surface area contributed by atoms with Gasteiger partial charge in [0.2, 0.25) is 0 Å². The van der Waals surface area contributed by atoms with Crippen molar-refractivity contribution in [1.82, 2.24) is 0 Å². The van der Waals surface area contributed by atoms with E-state index in [0.29, 0.717) is 5.75 Å². The fourth-order valence-corrected chi connectivity index (χ4v) is 1.83. The van der Waals surface area contributed by atoms with Crippen LogP contribution in [0.1, 0.15) is 5.56 Å². The predicted molar refractivity (Wildman–Crippen MR) is 64.1 cm³/mol. The lowest BCUT2D eigenvalue weighted by Gasteiger charge is -2.12. The van der Waals surface area contributed by atoms with Crippen LogP contribution >= 0.6 is 11.8 Å². The highest BCUT2D eigenvalue weighted by molar-refractivity contribution is 7.98. The Hall–Kier alpha value is -1.20. The zero-order valence-corrected chi connectivity index (χ0v) is 10.1. The highest BCUT2D eigenvalue weighted by Gasteiger charge is 2.15. The van der Waals surface area contributed by atoms with Gasteiger partial charge in [0.1, 0.15) is 11.8 Å². The Morgan fingerprint density at radius 2 is 2.31 bits per heavy atom. The van der Waals surface area contributed by atoms with Gasteiger partial charge in [-0.25, -0.2) is 0 Å². The van der Waals surface area contributed by atoms with Gasteiger partial charge in [0.15, 0.2) is 0 Å². The number of methoxy groups -OCH3 is 1. The van der Waals surface area contributed by atoms with Crippen LogP contribution in [-0.4, -0.2) is 30.5 Å². The molecule has 0 heterocycles. The molecule has 88 valence electrons. The quantitative estimate of drug-likeness (QED) is 0.762. The van der Waals surface area contributed by atoms with E-state index in [-0.39, 0.29) is 6.42 Å². The summed E-state index contributed by atoms with van der Waals surface area (Å²) >= 11 is 1.59. The number of aliphatic carboxylic acids is 1. The van der Waals surface area contributed by atoms with Gasteiger partial charge in [-0.05, 0) is 30.0 Å². The molecule has 0 fully saturated rings. The SMILES string of the molecule is COc1ccc(SC)cc1CC(N)C(=O)O. The molecule has 1 unspecified atom stereocenters. The largest absolute Gasteiger partial charge is 0.496 e. The number of benzene rings is 1. The number of thioether (sulfide) groups is 1. The van der Waals surface area contributed by atoms with Crippen LogP contribution in [0.2, 0.25) is 0 Å². The highest BCUT2D eigenvalue weighted by Crippen LogP contribution is 2.25. The van der Waals surface area contributed by atoms with Crippen LogP contribution in [0.15, 0.2) is 23.1 Å². The molecule has 0 aromatic heterocycles. The summed E-state index contributed by atoms with van der Waals surface area (Å²) in [6.07, 6.45) is 2.23. The molecule has 0 aliphatic carbocycles. The summed E-state index contributed by atoms with van der Waals surface area (Å²) in [6, 6.07) is 4.77. The summed E-state index contributed by atoms with van der Waals surface area (Å²) in [5.74, 6) is -0.328. The van der Waals surface area contributed by atoms with Crippen LogP contribution in [0.5, 0.6) is 5.75 Å². The van der Waals surface area contributed by atoms with Crippen molar-refractivity contribution in [3.05, 3.63) is 23.8 Å². The summed E-state index contributed by atoms with van der Waals surface area (Å²) in [5.41, 5.74) is 6.33. The molecule has 16 heavy (non-hydrogen) atoms. The molecule has 0 aliphatic rings. The molecule has 0 amide bonds. The molecule has 4 nitrogen and oxygen atoms in total. The number of hydrogen-bond acceptors (Lipinski definition) is 4. The van der Waals surface area contributed by atoms with E-state index in [1.165, 1.54) is 0 Å². The fraction of sp³-hybridized carbons (Fsp3) is 0.364. The number of nitrogens with two attached hydrogens (primary N) is 1. The molecule has 0 radical (unpaired) electrons. The summed E-state index contributed by atoms with van der Waals surface area (Å²) in [6.45, 7) is 0.